The monoisotopic (exact) mass is 927 g/mol. The highest BCUT2D eigenvalue weighted by atomic mass is 15.2. The second-order valence-corrected chi connectivity index (χ2v) is 26.4. The third-order valence-corrected chi connectivity index (χ3v) is 16.5. The first-order valence-electron chi connectivity index (χ1n) is 26.1. The van der Waals surface area contributed by atoms with Crippen molar-refractivity contribution in [3.63, 3.8) is 0 Å². The summed E-state index contributed by atoms with van der Waals surface area (Å²) >= 11 is 0. The first kappa shape index (κ1) is 44.2. The van der Waals surface area contributed by atoms with Crippen LogP contribution in [0.25, 0.3) is 71.4 Å². The average Bonchev–Trinajstić information content (AvgIpc) is 4.05. The molecule has 0 radical (unpaired) electrons. The van der Waals surface area contributed by atoms with Gasteiger partial charge in [0.25, 0.3) is 6.71 Å². The van der Waals surface area contributed by atoms with E-state index < -0.39 is 0 Å². The minimum absolute atomic E-state index is 0.0162. The van der Waals surface area contributed by atoms with Gasteiger partial charge in [-0.25, -0.2) is 0 Å². The van der Waals surface area contributed by atoms with Gasteiger partial charge < -0.3 is 18.4 Å². The Kier molecular flexibility index (Phi) is 8.74. The van der Waals surface area contributed by atoms with E-state index in [2.05, 4.69) is 256 Å². The predicted octanol–water partition coefficient (Wildman–Crippen LogP) is 15.8. The summed E-state index contributed by atoms with van der Waals surface area (Å²) in [4.78, 5) is 2.68. The zero-order valence-corrected chi connectivity index (χ0v) is 44.6. The zero-order chi connectivity index (χ0) is 49.8. The van der Waals surface area contributed by atoms with Crippen LogP contribution in [0.1, 0.15) is 132 Å². The number of nitrogens with zero attached hydrogens (tertiary/aromatic N) is 4. The molecule has 2 aliphatic heterocycles. The molecule has 0 N–H and O–H groups in total. The Morgan fingerprint density at radius 1 is 0.380 bits per heavy atom. The molecule has 0 spiro atoms. The van der Waals surface area contributed by atoms with E-state index in [-0.39, 0.29) is 33.8 Å². The molecular formula is C66H67BN4. The third-order valence-electron chi connectivity index (χ3n) is 16.5. The van der Waals surface area contributed by atoms with Gasteiger partial charge in [0.1, 0.15) is 0 Å². The second-order valence-electron chi connectivity index (χ2n) is 26.4. The first-order chi connectivity index (χ1) is 33.4. The predicted molar refractivity (Wildman–Crippen MR) is 308 cm³/mol. The lowest BCUT2D eigenvalue weighted by Gasteiger charge is -2.41. The smallest absolute Gasteiger partial charge is 0.254 e. The van der Waals surface area contributed by atoms with Crippen LogP contribution in [0, 0.1) is 0 Å². The van der Waals surface area contributed by atoms with E-state index in [0.717, 1.165) is 0 Å². The summed E-state index contributed by atoms with van der Waals surface area (Å²) in [6, 6.07) is 50.2. The van der Waals surface area contributed by atoms with E-state index in [1.807, 2.05) is 0 Å². The molecule has 5 heteroatoms. The van der Waals surface area contributed by atoms with Crippen molar-refractivity contribution in [3.05, 3.63) is 161 Å². The van der Waals surface area contributed by atoms with Crippen molar-refractivity contribution in [2.45, 2.75) is 131 Å². The van der Waals surface area contributed by atoms with Gasteiger partial charge in [0.05, 0.1) is 44.5 Å². The summed E-state index contributed by atoms with van der Waals surface area (Å²) in [6.45, 7) is 35.2. The Bertz CT molecular complexity index is 4040. The van der Waals surface area contributed by atoms with E-state index in [1.54, 1.807) is 0 Å². The first-order valence-corrected chi connectivity index (χ1v) is 26.1. The maximum absolute atomic E-state index is 2.73. The molecule has 354 valence electrons. The number of rotatable bonds is 2. The van der Waals surface area contributed by atoms with Gasteiger partial charge in [0.2, 0.25) is 0 Å². The molecule has 0 atom stereocenters. The van der Waals surface area contributed by atoms with Crippen molar-refractivity contribution in [3.8, 4) is 11.4 Å². The average molecular weight is 927 g/mol. The van der Waals surface area contributed by atoms with Gasteiger partial charge in [-0.1, -0.05) is 165 Å². The molecule has 4 aromatic heterocycles. The number of aromatic nitrogens is 3. The van der Waals surface area contributed by atoms with Crippen LogP contribution < -0.4 is 21.3 Å². The van der Waals surface area contributed by atoms with E-state index in [4.69, 9.17) is 0 Å². The number of benzene rings is 7. The van der Waals surface area contributed by atoms with Crippen molar-refractivity contribution in [1.82, 2.24) is 13.5 Å². The molecule has 0 saturated carbocycles. The van der Waals surface area contributed by atoms with Gasteiger partial charge in [0.15, 0.2) is 0 Å². The molecule has 13 rings (SSSR count). The fraction of sp³-hybridized carbons (Fsp3) is 0.303. The summed E-state index contributed by atoms with van der Waals surface area (Å²) in [5.41, 5.74) is 24.5. The van der Waals surface area contributed by atoms with Crippen LogP contribution in [-0.4, -0.2) is 20.2 Å². The van der Waals surface area contributed by atoms with Crippen LogP contribution in [0.2, 0.25) is 0 Å². The van der Waals surface area contributed by atoms with E-state index in [1.165, 1.54) is 133 Å². The number of hydrogen-bond donors (Lipinski definition) is 0. The molecule has 7 aromatic carbocycles. The molecule has 6 heterocycles. The lowest BCUT2D eigenvalue weighted by molar-refractivity contribution is 0.590. The third kappa shape index (κ3) is 6.11. The van der Waals surface area contributed by atoms with Crippen molar-refractivity contribution in [1.29, 1.82) is 0 Å². The highest BCUT2D eigenvalue weighted by molar-refractivity contribution is 7.01. The minimum atomic E-state index is -0.0629. The SMILES string of the molecule is CC(C)(C)c1ccc(N2c3ccc(C(C)(C)C)cc3B3c4c2c2c5cc(C(C)(C)C)ccc5n5c6ccc(C(C)(C)C)cc6c(c4-n4c6ccc(C(C)(C)C)cc6c6c4c3cn6-c3ccccc3)c25)cc1. The quantitative estimate of drug-likeness (QED) is 0.158. The van der Waals surface area contributed by atoms with E-state index in [9.17, 15) is 0 Å². The molecule has 0 amide bonds. The van der Waals surface area contributed by atoms with Gasteiger partial charge in [-0.3, -0.25) is 0 Å². The summed E-state index contributed by atoms with van der Waals surface area (Å²) in [5, 5.41) is 6.59. The number of hydrogen-bond acceptors (Lipinski definition) is 1. The van der Waals surface area contributed by atoms with Crippen molar-refractivity contribution >= 4 is 100 Å². The second kappa shape index (κ2) is 14.0. The van der Waals surface area contributed by atoms with Gasteiger partial charge in [-0.2, -0.15) is 0 Å². The summed E-state index contributed by atoms with van der Waals surface area (Å²) < 4.78 is 7.91. The Labute approximate surface area is 420 Å². The van der Waals surface area contributed by atoms with Crippen molar-refractivity contribution in [2.24, 2.45) is 0 Å². The highest BCUT2D eigenvalue weighted by Gasteiger charge is 2.47. The van der Waals surface area contributed by atoms with Crippen molar-refractivity contribution < 1.29 is 0 Å². The molecule has 11 aromatic rings. The van der Waals surface area contributed by atoms with Crippen LogP contribution in [0.15, 0.2) is 134 Å². The number of para-hydroxylation sites is 1. The van der Waals surface area contributed by atoms with Gasteiger partial charge in [-0.15, -0.1) is 0 Å². The lowest BCUT2D eigenvalue weighted by Crippen LogP contribution is -2.60. The Balaban J connectivity index is 1.33. The molecule has 0 bridgehead atoms. The van der Waals surface area contributed by atoms with Gasteiger partial charge in [-0.05, 0) is 138 Å². The van der Waals surface area contributed by atoms with Gasteiger partial charge >= 0.3 is 0 Å². The van der Waals surface area contributed by atoms with E-state index >= 15 is 0 Å². The molecule has 4 nitrogen and oxygen atoms in total. The van der Waals surface area contributed by atoms with Crippen LogP contribution in [0.3, 0.4) is 0 Å². The molecule has 71 heavy (non-hydrogen) atoms. The largest absolute Gasteiger partial charge is 0.315 e. The normalized spacial score (nSPS) is 14.4. The molecule has 0 saturated heterocycles. The fourth-order valence-corrected chi connectivity index (χ4v) is 12.6. The molecule has 0 fully saturated rings. The highest BCUT2D eigenvalue weighted by Crippen LogP contribution is 2.53. The standard InChI is InChI=1S/C66H67BN4/c1-62(2,3)38-21-27-44(28-22-38)69-53-32-26-42(66(13,14)15)36-48(53)67-49-37-68(43-19-17-16-18-20-43)57-47-35-41(65(10,11)12)25-31-52(47)71(58(49)57)61-55-46-34-40(64(7,8)9)24-30-51(46)70-50-29-23-39(63(4,5)6)33-45(50)54(59(55)70)60(69)56(61)67/h16-37H,1-15H3. The lowest BCUT2D eigenvalue weighted by atomic mass is 9.34. The van der Waals surface area contributed by atoms with Crippen LogP contribution in [0.4, 0.5) is 17.1 Å². The van der Waals surface area contributed by atoms with Crippen LogP contribution in [0.5, 0.6) is 0 Å². The van der Waals surface area contributed by atoms with Crippen LogP contribution >= 0.6 is 0 Å². The zero-order valence-electron chi connectivity index (χ0n) is 44.6. The number of anilines is 3. The number of fused-ring (bicyclic) bond motifs is 15. The summed E-state index contributed by atoms with van der Waals surface area (Å²) in [6.07, 6.45) is 2.52. The Morgan fingerprint density at radius 2 is 0.859 bits per heavy atom. The molecule has 2 aliphatic rings. The maximum Gasteiger partial charge on any atom is 0.254 e. The topological polar surface area (TPSA) is 17.5 Å². The van der Waals surface area contributed by atoms with Crippen LogP contribution in [-0.2, 0) is 27.1 Å². The molecule has 0 aliphatic carbocycles. The summed E-state index contributed by atoms with van der Waals surface area (Å²) in [7, 11) is 0. The van der Waals surface area contributed by atoms with Gasteiger partial charge in [0, 0.05) is 50.2 Å². The van der Waals surface area contributed by atoms with E-state index in [0.29, 0.717) is 0 Å². The maximum atomic E-state index is 2.73. The van der Waals surface area contributed by atoms with Crippen molar-refractivity contribution in [2.75, 3.05) is 4.90 Å². The molecular weight excluding hydrogens is 860 g/mol. The Morgan fingerprint density at radius 3 is 1.41 bits per heavy atom. The molecule has 0 unspecified atom stereocenters. The Hall–Kier alpha value is -6.72. The minimum Gasteiger partial charge on any atom is -0.315 e. The summed E-state index contributed by atoms with van der Waals surface area (Å²) in [5.74, 6) is 0. The fourth-order valence-electron chi connectivity index (χ4n) is 12.6.